The maximum atomic E-state index is 12.5. The molecule has 0 bridgehead atoms. The van der Waals surface area contributed by atoms with Crippen molar-refractivity contribution in [2.24, 2.45) is 0 Å². The summed E-state index contributed by atoms with van der Waals surface area (Å²) in [5, 5.41) is 12.6. The quantitative estimate of drug-likeness (QED) is 0.565. The molecule has 152 valence electrons. The number of hydrogen-bond donors (Lipinski definition) is 1. The predicted octanol–water partition coefficient (Wildman–Crippen LogP) is 3.25. The van der Waals surface area contributed by atoms with E-state index in [4.69, 9.17) is 0 Å². The van der Waals surface area contributed by atoms with E-state index in [0.29, 0.717) is 6.04 Å². The molecule has 5 rings (SSSR count). The van der Waals surface area contributed by atoms with Gasteiger partial charge in [-0.15, -0.1) is 0 Å². The van der Waals surface area contributed by atoms with Crippen molar-refractivity contribution < 1.29 is 0 Å². The average molecular weight is 401 g/mol. The zero-order valence-corrected chi connectivity index (χ0v) is 16.8. The van der Waals surface area contributed by atoms with Crippen molar-refractivity contribution in [3.63, 3.8) is 0 Å². The minimum atomic E-state index is -0.0537. The Bertz CT molecular complexity index is 1220. The lowest BCUT2D eigenvalue weighted by Crippen LogP contribution is -2.33. The fourth-order valence-corrected chi connectivity index (χ4v) is 4.17. The van der Waals surface area contributed by atoms with E-state index in [1.54, 1.807) is 35.4 Å². The number of aryl methyl sites for hydroxylation is 1. The number of nitrogens with zero attached hydrogens (tertiary/aromatic N) is 6. The Morgan fingerprint density at radius 1 is 1.07 bits per heavy atom. The van der Waals surface area contributed by atoms with Gasteiger partial charge in [0.05, 0.1) is 17.9 Å². The normalized spacial score (nSPS) is 19.1. The first-order chi connectivity index (χ1) is 14.7. The lowest BCUT2D eigenvalue weighted by Gasteiger charge is -2.30. The van der Waals surface area contributed by atoms with Crippen LogP contribution in [0.2, 0.25) is 0 Å². The standard InChI is InChI=1S/C22H23N7O/c1-15-13-21(29-20(25-15)10-12-24-29)26-17-4-6-18(7-5-17)28-22(30)9-8-19(27-28)16-3-2-11-23-14-16/h2-3,8-14,17-18,26H,4-7H2,1H3. The third-order valence-electron chi connectivity index (χ3n) is 5.66. The van der Waals surface area contributed by atoms with Crippen LogP contribution in [-0.2, 0) is 0 Å². The molecule has 0 atom stereocenters. The molecule has 1 aliphatic carbocycles. The number of nitrogens with one attached hydrogen (secondary N) is 1. The van der Waals surface area contributed by atoms with Gasteiger partial charge in [0.25, 0.3) is 5.56 Å². The third-order valence-corrected chi connectivity index (χ3v) is 5.66. The van der Waals surface area contributed by atoms with Crippen LogP contribution in [0.1, 0.15) is 37.4 Å². The zero-order valence-electron chi connectivity index (χ0n) is 16.8. The molecule has 0 spiro atoms. The summed E-state index contributed by atoms with van der Waals surface area (Å²) in [6, 6.07) is 11.6. The average Bonchev–Trinajstić information content (AvgIpc) is 3.24. The lowest BCUT2D eigenvalue weighted by molar-refractivity contribution is 0.304. The van der Waals surface area contributed by atoms with Crippen LogP contribution >= 0.6 is 0 Å². The molecule has 0 amide bonds. The molecule has 4 heterocycles. The monoisotopic (exact) mass is 401 g/mol. The molecule has 0 aliphatic heterocycles. The van der Waals surface area contributed by atoms with Gasteiger partial charge in [-0.1, -0.05) is 0 Å². The van der Waals surface area contributed by atoms with E-state index in [-0.39, 0.29) is 11.6 Å². The molecule has 0 aromatic carbocycles. The minimum absolute atomic E-state index is 0.0537. The van der Waals surface area contributed by atoms with Gasteiger partial charge in [-0.3, -0.25) is 9.78 Å². The molecule has 1 fully saturated rings. The first-order valence-corrected chi connectivity index (χ1v) is 10.3. The Morgan fingerprint density at radius 2 is 1.93 bits per heavy atom. The summed E-state index contributed by atoms with van der Waals surface area (Å²) in [5.74, 6) is 0.958. The van der Waals surface area contributed by atoms with Crippen molar-refractivity contribution in [2.75, 3.05) is 5.32 Å². The summed E-state index contributed by atoms with van der Waals surface area (Å²) in [4.78, 5) is 21.1. The minimum Gasteiger partial charge on any atom is -0.367 e. The molecule has 0 saturated heterocycles. The number of rotatable bonds is 4. The third kappa shape index (κ3) is 3.56. The van der Waals surface area contributed by atoms with Crippen LogP contribution in [0, 0.1) is 6.92 Å². The van der Waals surface area contributed by atoms with Crippen LogP contribution in [0.4, 0.5) is 5.82 Å². The molecule has 0 radical (unpaired) electrons. The molecule has 0 unspecified atom stereocenters. The van der Waals surface area contributed by atoms with Crippen LogP contribution in [0.25, 0.3) is 16.9 Å². The summed E-state index contributed by atoms with van der Waals surface area (Å²) in [6.45, 7) is 1.99. The van der Waals surface area contributed by atoms with E-state index in [0.717, 1.165) is 54.1 Å². The fraction of sp³-hybridized carbons (Fsp3) is 0.318. The van der Waals surface area contributed by atoms with Crippen molar-refractivity contribution in [3.05, 3.63) is 71.0 Å². The van der Waals surface area contributed by atoms with E-state index in [1.807, 2.05) is 35.7 Å². The van der Waals surface area contributed by atoms with Crippen LogP contribution < -0.4 is 10.9 Å². The first-order valence-electron chi connectivity index (χ1n) is 10.3. The van der Waals surface area contributed by atoms with Crippen molar-refractivity contribution in [1.29, 1.82) is 0 Å². The van der Waals surface area contributed by atoms with Crippen molar-refractivity contribution >= 4 is 11.5 Å². The summed E-state index contributed by atoms with van der Waals surface area (Å²) < 4.78 is 3.49. The summed E-state index contributed by atoms with van der Waals surface area (Å²) in [6.07, 6.45) is 8.97. The topological polar surface area (TPSA) is 90.0 Å². The van der Waals surface area contributed by atoms with Crippen LogP contribution in [0.3, 0.4) is 0 Å². The molecule has 1 saturated carbocycles. The number of pyridine rings is 1. The summed E-state index contributed by atoms with van der Waals surface area (Å²) in [5.41, 5.74) is 3.44. The Balaban J connectivity index is 1.31. The van der Waals surface area contributed by atoms with E-state index in [2.05, 4.69) is 25.5 Å². The van der Waals surface area contributed by atoms with Gasteiger partial charge >= 0.3 is 0 Å². The Morgan fingerprint density at radius 3 is 2.73 bits per heavy atom. The lowest BCUT2D eigenvalue weighted by atomic mass is 9.91. The Hall–Kier alpha value is -3.55. The summed E-state index contributed by atoms with van der Waals surface area (Å²) in [7, 11) is 0. The van der Waals surface area contributed by atoms with Gasteiger partial charge in [0, 0.05) is 47.9 Å². The molecular formula is C22H23N7O. The maximum absolute atomic E-state index is 12.5. The highest BCUT2D eigenvalue weighted by molar-refractivity contribution is 5.56. The van der Waals surface area contributed by atoms with Crippen molar-refractivity contribution in [3.8, 4) is 11.3 Å². The van der Waals surface area contributed by atoms with Crippen LogP contribution in [-0.4, -0.2) is 35.4 Å². The van der Waals surface area contributed by atoms with Gasteiger partial charge in [-0.2, -0.15) is 14.7 Å². The second-order valence-corrected chi connectivity index (χ2v) is 7.78. The molecule has 4 aromatic rings. The van der Waals surface area contributed by atoms with Gasteiger partial charge in [0.15, 0.2) is 5.65 Å². The SMILES string of the molecule is Cc1cc(NC2CCC(n3nc(-c4cccnc4)ccc3=O)CC2)n2nccc2n1. The molecule has 8 nitrogen and oxygen atoms in total. The van der Waals surface area contributed by atoms with Gasteiger partial charge in [-0.25, -0.2) is 9.67 Å². The molecule has 1 aliphatic rings. The maximum Gasteiger partial charge on any atom is 0.267 e. The van der Waals surface area contributed by atoms with Gasteiger partial charge in [0.2, 0.25) is 0 Å². The Kier molecular flexibility index (Phi) is 4.74. The largest absolute Gasteiger partial charge is 0.367 e. The number of anilines is 1. The second kappa shape index (κ2) is 7.70. The molecule has 4 aromatic heterocycles. The van der Waals surface area contributed by atoms with Crippen molar-refractivity contribution in [1.82, 2.24) is 29.4 Å². The van der Waals surface area contributed by atoms with E-state index >= 15 is 0 Å². The van der Waals surface area contributed by atoms with E-state index < -0.39 is 0 Å². The Labute approximate surface area is 173 Å². The van der Waals surface area contributed by atoms with E-state index in [1.165, 1.54) is 0 Å². The van der Waals surface area contributed by atoms with Gasteiger partial charge in [0.1, 0.15) is 5.82 Å². The van der Waals surface area contributed by atoms with Crippen LogP contribution in [0.15, 0.2) is 59.8 Å². The first kappa shape index (κ1) is 18.5. The molecule has 1 N–H and O–H groups in total. The molecule has 8 heteroatoms. The zero-order chi connectivity index (χ0) is 20.5. The number of aromatic nitrogens is 6. The smallest absolute Gasteiger partial charge is 0.267 e. The highest BCUT2D eigenvalue weighted by Gasteiger charge is 2.24. The summed E-state index contributed by atoms with van der Waals surface area (Å²) >= 11 is 0. The predicted molar refractivity (Wildman–Crippen MR) is 114 cm³/mol. The number of fused-ring (bicyclic) bond motifs is 1. The fourth-order valence-electron chi connectivity index (χ4n) is 4.17. The van der Waals surface area contributed by atoms with Crippen molar-refractivity contribution in [2.45, 2.75) is 44.7 Å². The number of hydrogen-bond acceptors (Lipinski definition) is 6. The molecular weight excluding hydrogens is 378 g/mol. The van der Waals surface area contributed by atoms with Gasteiger partial charge in [-0.05, 0) is 50.8 Å². The van der Waals surface area contributed by atoms with Gasteiger partial charge < -0.3 is 5.32 Å². The highest BCUT2D eigenvalue weighted by atomic mass is 16.1. The molecule has 30 heavy (non-hydrogen) atoms. The van der Waals surface area contributed by atoms with E-state index in [9.17, 15) is 4.79 Å². The second-order valence-electron chi connectivity index (χ2n) is 7.78. The highest BCUT2D eigenvalue weighted by Crippen LogP contribution is 2.29. The van der Waals surface area contributed by atoms with Crippen LogP contribution in [0.5, 0.6) is 0 Å².